The van der Waals surface area contributed by atoms with E-state index in [9.17, 15) is 14.7 Å². The summed E-state index contributed by atoms with van der Waals surface area (Å²) in [6, 6.07) is 1.20. The Morgan fingerprint density at radius 2 is 2.31 bits per heavy atom. The first-order chi connectivity index (χ1) is 7.63. The third kappa shape index (κ3) is 1.80. The van der Waals surface area contributed by atoms with Gasteiger partial charge < -0.3 is 19.9 Å². The number of hydrogen-bond acceptors (Lipinski definition) is 5. The van der Waals surface area contributed by atoms with E-state index < -0.39 is 29.7 Å². The molecule has 0 amide bonds. The van der Waals surface area contributed by atoms with Crippen molar-refractivity contribution in [1.29, 1.82) is 0 Å². The molecule has 0 bridgehead atoms. The van der Waals surface area contributed by atoms with E-state index in [1.54, 1.807) is 0 Å². The van der Waals surface area contributed by atoms with E-state index in [4.69, 9.17) is 9.84 Å². The minimum Gasteiger partial charge on any atom is -0.394 e. The largest absolute Gasteiger partial charge is 0.394 e. The third-order valence-corrected chi connectivity index (χ3v) is 2.56. The van der Waals surface area contributed by atoms with Crippen molar-refractivity contribution in [2.45, 2.75) is 24.9 Å². The lowest BCUT2D eigenvalue weighted by atomic mass is 10.2. The molecule has 1 aliphatic rings. The standard InChI is InChI=1S/C9H12N2O5/c12-4-6-5(13)3-8(16-6)11-7(14)1-2-10-9(11)15/h1-2,5-6,8,12-13H,3-4H2,(H,10,15)/t5?,6-,8-/m0/s1. The number of hydrogen-bond donors (Lipinski definition) is 3. The van der Waals surface area contributed by atoms with Crippen molar-refractivity contribution in [2.24, 2.45) is 0 Å². The van der Waals surface area contributed by atoms with Crippen LogP contribution >= 0.6 is 0 Å². The average Bonchev–Trinajstić information content (AvgIpc) is 2.59. The smallest absolute Gasteiger partial charge is 0.330 e. The van der Waals surface area contributed by atoms with Gasteiger partial charge in [-0.05, 0) is 0 Å². The summed E-state index contributed by atoms with van der Waals surface area (Å²) >= 11 is 0. The van der Waals surface area contributed by atoms with Gasteiger partial charge in [0.15, 0.2) is 0 Å². The normalized spacial score (nSPS) is 29.5. The van der Waals surface area contributed by atoms with E-state index in [0.717, 1.165) is 4.57 Å². The molecule has 88 valence electrons. The van der Waals surface area contributed by atoms with Crippen molar-refractivity contribution < 1.29 is 14.9 Å². The Balaban J connectivity index is 2.34. The Morgan fingerprint density at radius 1 is 1.56 bits per heavy atom. The van der Waals surface area contributed by atoms with Crippen LogP contribution in [0.4, 0.5) is 0 Å². The van der Waals surface area contributed by atoms with Gasteiger partial charge in [-0.2, -0.15) is 0 Å². The van der Waals surface area contributed by atoms with Crippen LogP contribution in [-0.4, -0.2) is 38.6 Å². The number of aromatic nitrogens is 2. The predicted molar refractivity (Wildman–Crippen MR) is 52.9 cm³/mol. The molecule has 1 aliphatic heterocycles. The summed E-state index contributed by atoms with van der Waals surface area (Å²) in [7, 11) is 0. The predicted octanol–water partition coefficient (Wildman–Crippen LogP) is -1.82. The number of rotatable bonds is 2. The average molecular weight is 228 g/mol. The van der Waals surface area contributed by atoms with Crippen molar-refractivity contribution in [3.8, 4) is 0 Å². The molecular weight excluding hydrogens is 216 g/mol. The van der Waals surface area contributed by atoms with Crippen molar-refractivity contribution in [1.82, 2.24) is 9.55 Å². The minimum absolute atomic E-state index is 0.109. The van der Waals surface area contributed by atoms with Crippen LogP contribution in [0.3, 0.4) is 0 Å². The summed E-state index contributed by atoms with van der Waals surface area (Å²) in [4.78, 5) is 25.2. The molecule has 0 spiro atoms. The maximum Gasteiger partial charge on any atom is 0.330 e. The first-order valence-electron chi connectivity index (χ1n) is 4.88. The van der Waals surface area contributed by atoms with Crippen molar-refractivity contribution in [3.63, 3.8) is 0 Å². The molecule has 0 aliphatic carbocycles. The molecule has 16 heavy (non-hydrogen) atoms. The molecule has 3 N–H and O–H groups in total. The van der Waals surface area contributed by atoms with Gasteiger partial charge in [-0.25, -0.2) is 9.36 Å². The number of ether oxygens (including phenoxy) is 1. The maximum atomic E-state index is 11.4. The number of aromatic amines is 1. The summed E-state index contributed by atoms with van der Waals surface area (Å²) in [5.41, 5.74) is -1.09. The molecule has 1 aromatic heterocycles. The van der Waals surface area contributed by atoms with E-state index >= 15 is 0 Å². The summed E-state index contributed by atoms with van der Waals surface area (Å²) in [6.07, 6.45) is -1.10. The quantitative estimate of drug-likeness (QED) is 0.552. The van der Waals surface area contributed by atoms with Gasteiger partial charge >= 0.3 is 5.69 Å². The monoisotopic (exact) mass is 228 g/mol. The molecule has 1 saturated heterocycles. The first-order valence-corrected chi connectivity index (χ1v) is 4.88. The second-order valence-electron chi connectivity index (χ2n) is 3.61. The van der Waals surface area contributed by atoms with E-state index in [-0.39, 0.29) is 13.0 Å². The highest BCUT2D eigenvalue weighted by Crippen LogP contribution is 2.26. The van der Waals surface area contributed by atoms with E-state index in [0.29, 0.717) is 0 Å². The Labute approximate surface area is 89.9 Å². The molecule has 3 atom stereocenters. The van der Waals surface area contributed by atoms with Crippen LogP contribution in [0.5, 0.6) is 0 Å². The highest BCUT2D eigenvalue weighted by Gasteiger charge is 2.35. The molecule has 0 aromatic carbocycles. The molecule has 7 heteroatoms. The van der Waals surface area contributed by atoms with Crippen LogP contribution < -0.4 is 11.2 Å². The number of aliphatic hydroxyl groups is 2. The van der Waals surface area contributed by atoms with Gasteiger partial charge in [-0.15, -0.1) is 0 Å². The fourth-order valence-corrected chi connectivity index (χ4v) is 1.74. The molecule has 7 nitrogen and oxygen atoms in total. The van der Waals surface area contributed by atoms with E-state index in [2.05, 4.69) is 4.98 Å². The zero-order valence-electron chi connectivity index (χ0n) is 8.37. The number of nitrogens with zero attached hydrogens (tertiary/aromatic N) is 1. The highest BCUT2D eigenvalue weighted by atomic mass is 16.5. The van der Waals surface area contributed by atoms with Gasteiger partial charge in [-0.1, -0.05) is 0 Å². The van der Waals surface area contributed by atoms with Crippen LogP contribution in [0.1, 0.15) is 12.6 Å². The summed E-state index contributed by atoms with van der Waals surface area (Å²) in [6.45, 7) is -0.350. The second-order valence-corrected chi connectivity index (χ2v) is 3.61. The van der Waals surface area contributed by atoms with Gasteiger partial charge in [0.1, 0.15) is 12.3 Å². The van der Waals surface area contributed by atoms with Gasteiger partial charge in [0.25, 0.3) is 5.56 Å². The van der Waals surface area contributed by atoms with E-state index in [1.165, 1.54) is 12.3 Å². The molecule has 1 aromatic rings. The lowest BCUT2D eigenvalue weighted by molar-refractivity contribution is -0.0469. The third-order valence-electron chi connectivity index (χ3n) is 2.56. The van der Waals surface area contributed by atoms with Crippen LogP contribution in [0.15, 0.2) is 21.9 Å². The van der Waals surface area contributed by atoms with Gasteiger partial charge in [-0.3, -0.25) is 4.79 Å². The van der Waals surface area contributed by atoms with Gasteiger partial charge in [0, 0.05) is 18.7 Å². The Morgan fingerprint density at radius 3 is 2.88 bits per heavy atom. The van der Waals surface area contributed by atoms with E-state index in [1.807, 2.05) is 0 Å². The number of aliphatic hydroxyl groups excluding tert-OH is 2. The van der Waals surface area contributed by atoms with Crippen LogP contribution in [0, 0.1) is 0 Å². The Kier molecular flexibility index (Phi) is 2.90. The molecule has 0 saturated carbocycles. The lowest BCUT2D eigenvalue weighted by Crippen LogP contribution is -2.37. The SMILES string of the molecule is O=c1cc[nH]c(=O)n1[C@@H]1CC(O)[C@H](CO)O1. The number of nitrogens with one attached hydrogen (secondary N) is 1. The van der Waals surface area contributed by atoms with Crippen LogP contribution in [0.2, 0.25) is 0 Å². The molecule has 1 unspecified atom stereocenters. The van der Waals surface area contributed by atoms with Gasteiger partial charge in [0.05, 0.1) is 12.7 Å². The zero-order valence-corrected chi connectivity index (χ0v) is 8.37. The van der Waals surface area contributed by atoms with Crippen LogP contribution in [-0.2, 0) is 4.74 Å². The van der Waals surface area contributed by atoms with Crippen molar-refractivity contribution in [3.05, 3.63) is 33.1 Å². The maximum absolute atomic E-state index is 11.4. The second kappa shape index (κ2) is 4.20. The topological polar surface area (TPSA) is 105 Å². The fraction of sp³-hybridized carbons (Fsp3) is 0.556. The van der Waals surface area contributed by atoms with Crippen molar-refractivity contribution in [2.75, 3.05) is 6.61 Å². The fourth-order valence-electron chi connectivity index (χ4n) is 1.74. The molecule has 2 heterocycles. The van der Waals surface area contributed by atoms with Crippen molar-refractivity contribution >= 4 is 0 Å². The van der Waals surface area contributed by atoms with Crippen LogP contribution in [0.25, 0.3) is 0 Å². The highest BCUT2D eigenvalue weighted by molar-refractivity contribution is 4.88. The van der Waals surface area contributed by atoms with Gasteiger partial charge in [0.2, 0.25) is 0 Å². The summed E-state index contributed by atoms with van der Waals surface area (Å²) in [5.74, 6) is 0. The minimum atomic E-state index is -0.874. The lowest BCUT2D eigenvalue weighted by Gasteiger charge is -2.12. The first kappa shape index (κ1) is 11.1. The molecule has 1 fully saturated rings. The summed E-state index contributed by atoms with van der Waals surface area (Å²) < 4.78 is 6.10. The molecule has 0 radical (unpaired) electrons. The number of H-pyrrole nitrogens is 1. The Hall–Kier alpha value is -1.44. The molecule has 2 rings (SSSR count). The summed E-state index contributed by atoms with van der Waals surface area (Å²) in [5, 5.41) is 18.4. The Bertz CT molecular complexity index is 451. The molecular formula is C9H12N2O5. The zero-order chi connectivity index (χ0) is 11.7.